The van der Waals surface area contributed by atoms with Gasteiger partial charge in [-0.05, 0) is 12.8 Å². The van der Waals surface area contributed by atoms with E-state index in [-0.39, 0.29) is 6.04 Å². The van der Waals surface area contributed by atoms with E-state index in [4.69, 9.17) is 5.11 Å². The molecule has 7 nitrogen and oxygen atoms in total. The first-order valence-corrected chi connectivity index (χ1v) is 6.98. The van der Waals surface area contributed by atoms with Gasteiger partial charge in [0.25, 0.3) is 5.91 Å². The Labute approximate surface area is 118 Å². The molecule has 1 aliphatic rings. The number of carbonyl (C=O) groups is 3. The van der Waals surface area contributed by atoms with Crippen molar-refractivity contribution in [2.75, 3.05) is 13.2 Å². The van der Waals surface area contributed by atoms with Crippen molar-refractivity contribution >= 4 is 17.9 Å². The van der Waals surface area contributed by atoms with Gasteiger partial charge in [-0.25, -0.2) is 9.59 Å². The highest BCUT2D eigenvalue weighted by Crippen LogP contribution is 2.16. The fourth-order valence-electron chi connectivity index (χ4n) is 2.22. The fourth-order valence-corrected chi connectivity index (χ4v) is 2.22. The molecular weight excluding hydrogens is 264 g/mol. The molecule has 0 aromatic rings. The van der Waals surface area contributed by atoms with Crippen LogP contribution in [-0.2, 0) is 14.3 Å². The SMILES string of the molecule is O=C(O)COCC(=O)NC(=O)NC1CCCCCCC1. The molecule has 0 unspecified atom stereocenters. The average Bonchev–Trinajstić information content (AvgIpc) is 2.31. The maximum atomic E-state index is 11.6. The Morgan fingerprint density at radius 1 is 1.00 bits per heavy atom. The van der Waals surface area contributed by atoms with Crippen LogP contribution in [0.3, 0.4) is 0 Å². The summed E-state index contributed by atoms with van der Waals surface area (Å²) in [5, 5.41) is 13.2. The molecule has 0 aliphatic heterocycles. The molecule has 0 bridgehead atoms. The number of ether oxygens (including phenoxy) is 1. The van der Waals surface area contributed by atoms with E-state index in [0.29, 0.717) is 0 Å². The molecule has 1 saturated carbocycles. The lowest BCUT2D eigenvalue weighted by Gasteiger charge is -2.20. The number of carboxylic acid groups (broad SMARTS) is 1. The Kier molecular flexibility index (Phi) is 7.64. The van der Waals surface area contributed by atoms with Crippen LogP contribution < -0.4 is 10.6 Å². The standard InChI is InChI=1S/C13H22N2O5/c16-11(8-20-9-12(17)18)15-13(19)14-10-6-4-2-1-3-5-7-10/h10H,1-9H2,(H,17,18)(H2,14,15,16,19). The van der Waals surface area contributed by atoms with Gasteiger partial charge < -0.3 is 15.2 Å². The molecule has 0 radical (unpaired) electrons. The van der Waals surface area contributed by atoms with Crippen LogP contribution in [0.2, 0.25) is 0 Å². The lowest BCUT2D eigenvalue weighted by Crippen LogP contribution is -2.45. The van der Waals surface area contributed by atoms with Crippen molar-refractivity contribution in [3.63, 3.8) is 0 Å². The molecule has 0 aromatic heterocycles. The average molecular weight is 286 g/mol. The topological polar surface area (TPSA) is 105 Å². The van der Waals surface area contributed by atoms with E-state index in [2.05, 4.69) is 15.4 Å². The third kappa shape index (κ3) is 7.73. The van der Waals surface area contributed by atoms with E-state index in [1.165, 1.54) is 19.3 Å². The Bertz CT molecular complexity index is 338. The van der Waals surface area contributed by atoms with Crippen LogP contribution in [0.15, 0.2) is 0 Å². The predicted octanol–water partition coefficient (Wildman–Crippen LogP) is 1.03. The molecule has 114 valence electrons. The quantitative estimate of drug-likeness (QED) is 0.700. The number of amides is 3. The zero-order valence-electron chi connectivity index (χ0n) is 11.5. The summed E-state index contributed by atoms with van der Waals surface area (Å²) in [6, 6.07) is -0.442. The van der Waals surface area contributed by atoms with Crippen molar-refractivity contribution in [1.29, 1.82) is 0 Å². The first-order valence-electron chi connectivity index (χ1n) is 6.98. The maximum Gasteiger partial charge on any atom is 0.329 e. The van der Waals surface area contributed by atoms with Gasteiger partial charge in [0.15, 0.2) is 0 Å². The lowest BCUT2D eigenvalue weighted by atomic mass is 9.97. The first-order chi connectivity index (χ1) is 9.58. The van der Waals surface area contributed by atoms with E-state index in [1.807, 2.05) is 0 Å². The molecule has 3 N–H and O–H groups in total. The molecule has 1 fully saturated rings. The number of aliphatic carboxylic acids is 1. The molecule has 0 atom stereocenters. The third-order valence-electron chi connectivity index (χ3n) is 3.15. The normalized spacial score (nSPS) is 16.8. The minimum absolute atomic E-state index is 0.100. The third-order valence-corrected chi connectivity index (χ3v) is 3.15. The van der Waals surface area contributed by atoms with Crippen LogP contribution in [0.1, 0.15) is 44.9 Å². The molecule has 0 saturated heterocycles. The highest BCUT2D eigenvalue weighted by Gasteiger charge is 2.15. The number of urea groups is 1. The van der Waals surface area contributed by atoms with Gasteiger partial charge in [-0.15, -0.1) is 0 Å². The molecular formula is C13H22N2O5. The van der Waals surface area contributed by atoms with E-state index < -0.39 is 31.1 Å². The van der Waals surface area contributed by atoms with Gasteiger partial charge in [0.2, 0.25) is 0 Å². The number of nitrogens with one attached hydrogen (secondary N) is 2. The smallest absolute Gasteiger partial charge is 0.329 e. The monoisotopic (exact) mass is 286 g/mol. The zero-order chi connectivity index (χ0) is 14.8. The molecule has 0 spiro atoms. The van der Waals surface area contributed by atoms with Gasteiger partial charge in [0, 0.05) is 6.04 Å². The number of hydrogen-bond donors (Lipinski definition) is 3. The number of rotatable bonds is 5. The minimum Gasteiger partial charge on any atom is -0.480 e. The molecule has 0 heterocycles. The van der Waals surface area contributed by atoms with Crippen LogP contribution >= 0.6 is 0 Å². The highest BCUT2D eigenvalue weighted by atomic mass is 16.5. The predicted molar refractivity (Wildman–Crippen MR) is 71.2 cm³/mol. The van der Waals surface area contributed by atoms with Crippen LogP contribution in [0.4, 0.5) is 4.79 Å². The van der Waals surface area contributed by atoms with E-state index in [0.717, 1.165) is 25.7 Å². The summed E-state index contributed by atoms with van der Waals surface area (Å²) in [4.78, 5) is 33.1. The van der Waals surface area contributed by atoms with E-state index >= 15 is 0 Å². The van der Waals surface area contributed by atoms with Gasteiger partial charge in [0.05, 0.1) is 0 Å². The van der Waals surface area contributed by atoms with Gasteiger partial charge in [-0.2, -0.15) is 0 Å². The Morgan fingerprint density at radius 2 is 1.60 bits per heavy atom. The molecule has 3 amide bonds. The van der Waals surface area contributed by atoms with Crippen molar-refractivity contribution in [2.45, 2.75) is 51.0 Å². The van der Waals surface area contributed by atoms with Crippen LogP contribution in [0.25, 0.3) is 0 Å². The van der Waals surface area contributed by atoms with Crippen molar-refractivity contribution in [2.24, 2.45) is 0 Å². The summed E-state index contributed by atoms with van der Waals surface area (Å²) in [5.74, 6) is -1.80. The van der Waals surface area contributed by atoms with Crippen LogP contribution in [0.5, 0.6) is 0 Å². The van der Waals surface area contributed by atoms with Crippen molar-refractivity contribution in [3.8, 4) is 0 Å². The Morgan fingerprint density at radius 3 is 2.20 bits per heavy atom. The maximum absolute atomic E-state index is 11.6. The summed E-state index contributed by atoms with van der Waals surface area (Å²) < 4.78 is 4.59. The summed E-state index contributed by atoms with van der Waals surface area (Å²) in [7, 11) is 0. The van der Waals surface area contributed by atoms with Crippen LogP contribution in [0, 0.1) is 0 Å². The zero-order valence-corrected chi connectivity index (χ0v) is 11.5. The summed E-state index contributed by atoms with van der Waals surface area (Å²) in [6.45, 7) is -0.998. The molecule has 7 heteroatoms. The molecule has 1 rings (SSSR count). The van der Waals surface area contributed by atoms with Gasteiger partial charge in [0.1, 0.15) is 13.2 Å². The first kappa shape index (κ1) is 16.4. The fraction of sp³-hybridized carbons (Fsp3) is 0.769. The van der Waals surface area contributed by atoms with Crippen LogP contribution in [-0.4, -0.2) is 42.3 Å². The number of hydrogen-bond acceptors (Lipinski definition) is 4. The van der Waals surface area contributed by atoms with Gasteiger partial charge in [-0.3, -0.25) is 10.1 Å². The Hall–Kier alpha value is -1.63. The second kappa shape index (κ2) is 9.30. The summed E-state index contributed by atoms with van der Waals surface area (Å²) in [5.41, 5.74) is 0. The molecule has 1 aliphatic carbocycles. The summed E-state index contributed by atoms with van der Waals surface area (Å²) >= 11 is 0. The minimum atomic E-state index is -1.16. The number of carbonyl (C=O) groups excluding carboxylic acids is 2. The van der Waals surface area contributed by atoms with Crippen molar-refractivity contribution in [3.05, 3.63) is 0 Å². The largest absolute Gasteiger partial charge is 0.480 e. The van der Waals surface area contributed by atoms with E-state index in [9.17, 15) is 14.4 Å². The number of carboxylic acids is 1. The highest BCUT2D eigenvalue weighted by molar-refractivity contribution is 5.95. The number of imide groups is 1. The Balaban J connectivity index is 2.20. The van der Waals surface area contributed by atoms with Gasteiger partial charge in [-0.1, -0.05) is 32.1 Å². The summed E-state index contributed by atoms with van der Waals surface area (Å²) in [6.07, 6.45) is 7.64. The van der Waals surface area contributed by atoms with Crippen molar-refractivity contribution < 1.29 is 24.2 Å². The van der Waals surface area contributed by atoms with Gasteiger partial charge >= 0.3 is 12.0 Å². The molecule has 0 aromatic carbocycles. The second-order valence-corrected chi connectivity index (χ2v) is 4.95. The lowest BCUT2D eigenvalue weighted by molar-refractivity contribution is -0.143. The van der Waals surface area contributed by atoms with E-state index in [1.54, 1.807) is 0 Å². The van der Waals surface area contributed by atoms with Crippen molar-refractivity contribution in [1.82, 2.24) is 10.6 Å². The second-order valence-electron chi connectivity index (χ2n) is 4.95. The molecule has 20 heavy (non-hydrogen) atoms.